The van der Waals surface area contributed by atoms with Gasteiger partial charge in [0.15, 0.2) is 0 Å². The number of rotatable bonds is 4. The Hall–Kier alpha value is -2.12. The second kappa shape index (κ2) is 7.05. The molecule has 1 aromatic rings. The molecular weight excluding hydrogens is 262 g/mol. The van der Waals surface area contributed by atoms with E-state index in [4.69, 9.17) is 11.0 Å². The number of nitrogens with two attached hydrogens (primary N) is 1. The van der Waals surface area contributed by atoms with E-state index in [-0.39, 0.29) is 24.4 Å². The Kier molecular flexibility index (Phi) is 5.13. The van der Waals surface area contributed by atoms with Gasteiger partial charge in [0.1, 0.15) is 6.04 Å². The Morgan fingerprint density at radius 1 is 1.57 bits per heavy atom. The summed E-state index contributed by atoms with van der Waals surface area (Å²) in [4.78, 5) is 13.8. The van der Waals surface area contributed by atoms with E-state index in [0.717, 1.165) is 18.4 Å². The molecule has 21 heavy (non-hydrogen) atoms. The molecule has 1 aliphatic heterocycles. The summed E-state index contributed by atoms with van der Waals surface area (Å²) in [7, 11) is 0. The van der Waals surface area contributed by atoms with Gasteiger partial charge in [-0.05, 0) is 30.9 Å². The predicted molar refractivity (Wildman–Crippen MR) is 83.2 cm³/mol. The van der Waals surface area contributed by atoms with Gasteiger partial charge >= 0.3 is 0 Å². The molecule has 1 saturated heterocycles. The first kappa shape index (κ1) is 15.3. The van der Waals surface area contributed by atoms with Crippen molar-refractivity contribution in [3.05, 3.63) is 41.5 Å². The van der Waals surface area contributed by atoms with Crippen LogP contribution in [0.4, 0.5) is 0 Å². The zero-order valence-corrected chi connectivity index (χ0v) is 12.3. The number of aryl methyl sites for hydroxylation is 1. The van der Waals surface area contributed by atoms with Crippen LogP contribution in [0, 0.1) is 18.3 Å². The highest BCUT2D eigenvalue weighted by Crippen LogP contribution is 2.18. The molecule has 2 unspecified atom stereocenters. The van der Waals surface area contributed by atoms with Gasteiger partial charge < -0.3 is 10.6 Å². The van der Waals surface area contributed by atoms with Crippen LogP contribution in [0.2, 0.25) is 0 Å². The highest BCUT2D eigenvalue weighted by atomic mass is 16.2. The molecule has 0 saturated carbocycles. The first-order chi connectivity index (χ1) is 10.1. The van der Waals surface area contributed by atoms with Crippen LogP contribution < -0.4 is 5.73 Å². The Morgan fingerprint density at radius 3 is 3.05 bits per heavy atom. The molecule has 2 rings (SSSR count). The molecule has 0 aromatic heterocycles. The van der Waals surface area contributed by atoms with Crippen LogP contribution in [0.5, 0.6) is 0 Å². The van der Waals surface area contributed by atoms with E-state index in [9.17, 15) is 4.79 Å². The van der Waals surface area contributed by atoms with Gasteiger partial charge in [0.2, 0.25) is 5.91 Å². The topological polar surface area (TPSA) is 70.1 Å². The number of hydrogen-bond acceptors (Lipinski definition) is 3. The fourth-order valence-electron chi connectivity index (χ4n) is 2.59. The molecule has 1 fully saturated rings. The number of nitrogens with zero attached hydrogens (tertiary/aromatic N) is 2. The molecule has 1 aliphatic rings. The molecule has 1 heterocycles. The summed E-state index contributed by atoms with van der Waals surface area (Å²) in [6.07, 6.45) is 5.74. The molecule has 1 amide bonds. The number of hydrogen-bond donors (Lipinski definition) is 1. The quantitative estimate of drug-likeness (QED) is 0.921. The Bertz CT molecular complexity index is 574. The zero-order chi connectivity index (χ0) is 15.2. The second-order valence-electron chi connectivity index (χ2n) is 5.46. The van der Waals surface area contributed by atoms with Gasteiger partial charge in [-0.2, -0.15) is 5.26 Å². The number of amides is 1. The maximum Gasteiger partial charge on any atom is 0.225 e. The van der Waals surface area contributed by atoms with Crippen LogP contribution in [0.25, 0.3) is 6.08 Å². The standard InChI is InChI=1S/C17H21N3O/c1-13-5-2-3-6-14(13)8-9-15(19)11-17(21)20-10-4-7-16(20)12-18/h2-3,5-6,8-9,15-16H,4,7,10-11,19H2,1H3/b9-8+. The van der Waals surface area contributed by atoms with Gasteiger partial charge in [-0.3, -0.25) is 4.79 Å². The third-order valence-electron chi connectivity index (χ3n) is 3.84. The third-order valence-corrected chi connectivity index (χ3v) is 3.84. The summed E-state index contributed by atoms with van der Waals surface area (Å²) in [5.41, 5.74) is 8.29. The van der Waals surface area contributed by atoms with Crippen molar-refractivity contribution < 1.29 is 4.79 Å². The normalized spacial score (nSPS) is 19.7. The van der Waals surface area contributed by atoms with E-state index in [1.165, 1.54) is 5.56 Å². The van der Waals surface area contributed by atoms with Gasteiger partial charge in [-0.1, -0.05) is 36.4 Å². The van der Waals surface area contributed by atoms with Crippen molar-refractivity contribution in [1.82, 2.24) is 4.90 Å². The molecule has 2 N–H and O–H groups in total. The average molecular weight is 283 g/mol. The lowest BCUT2D eigenvalue weighted by Crippen LogP contribution is -2.37. The number of carbonyl (C=O) groups is 1. The molecule has 0 radical (unpaired) electrons. The minimum Gasteiger partial charge on any atom is -0.327 e. The lowest BCUT2D eigenvalue weighted by Gasteiger charge is -2.20. The molecule has 2 atom stereocenters. The van der Waals surface area contributed by atoms with Crippen molar-refractivity contribution in [2.75, 3.05) is 6.54 Å². The highest BCUT2D eigenvalue weighted by Gasteiger charge is 2.28. The van der Waals surface area contributed by atoms with E-state index in [2.05, 4.69) is 6.07 Å². The van der Waals surface area contributed by atoms with Crippen LogP contribution in [0.1, 0.15) is 30.4 Å². The summed E-state index contributed by atoms with van der Waals surface area (Å²) in [5, 5.41) is 9.01. The number of carbonyl (C=O) groups excluding carboxylic acids is 1. The lowest BCUT2D eigenvalue weighted by molar-refractivity contribution is -0.131. The molecule has 0 spiro atoms. The molecule has 0 aliphatic carbocycles. The van der Waals surface area contributed by atoms with E-state index in [0.29, 0.717) is 6.54 Å². The van der Waals surface area contributed by atoms with Crippen LogP contribution in [-0.4, -0.2) is 29.4 Å². The predicted octanol–water partition coefficient (Wildman–Crippen LogP) is 2.24. The van der Waals surface area contributed by atoms with Crippen molar-refractivity contribution in [3.63, 3.8) is 0 Å². The van der Waals surface area contributed by atoms with Gasteiger partial charge in [-0.25, -0.2) is 0 Å². The molecule has 4 nitrogen and oxygen atoms in total. The molecule has 0 bridgehead atoms. The van der Waals surface area contributed by atoms with Crippen LogP contribution >= 0.6 is 0 Å². The first-order valence-electron chi connectivity index (χ1n) is 7.30. The first-order valence-corrected chi connectivity index (χ1v) is 7.30. The minimum atomic E-state index is -0.322. The summed E-state index contributed by atoms with van der Waals surface area (Å²) >= 11 is 0. The number of likely N-dealkylation sites (tertiary alicyclic amines) is 1. The summed E-state index contributed by atoms with van der Waals surface area (Å²) in [6.45, 7) is 2.71. The Labute approximate surface area is 125 Å². The minimum absolute atomic E-state index is 0.0269. The van der Waals surface area contributed by atoms with Crippen LogP contribution in [-0.2, 0) is 4.79 Å². The maximum atomic E-state index is 12.2. The monoisotopic (exact) mass is 283 g/mol. The van der Waals surface area contributed by atoms with Crippen LogP contribution in [0.15, 0.2) is 30.3 Å². The lowest BCUT2D eigenvalue weighted by atomic mass is 10.1. The molecular formula is C17H21N3O. The van der Waals surface area contributed by atoms with Crippen molar-refractivity contribution in [2.24, 2.45) is 5.73 Å². The smallest absolute Gasteiger partial charge is 0.225 e. The Balaban J connectivity index is 1.93. The van der Waals surface area contributed by atoms with Crippen molar-refractivity contribution in [3.8, 4) is 6.07 Å². The van der Waals surface area contributed by atoms with Gasteiger partial charge in [0.25, 0.3) is 0 Å². The van der Waals surface area contributed by atoms with Gasteiger partial charge in [-0.15, -0.1) is 0 Å². The fourth-order valence-corrected chi connectivity index (χ4v) is 2.59. The number of benzene rings is 1. The van der Waals surface area contributed by atoms with Crippen LogP contribution in [0.3, 0.4) is 0 Å². The molecule has 110 valence electrons. The van der Waals surface area contributed by atoms with Gasteiger partial charge in [0.05, 0.1) is 6.07 Å². The molecule has 4 heteroatoms. The summed E-state index contributed by atoms with van der Waals surface area (Å²) in [6, 6.07) is 9.61. The Morgan fingerprint density at radius 2 is 2.33 bits per heavy atom. The third kappa shape index (κ3) is 3.93. The van der Waals surface area contributed by atoms with Crippen molar-refractivity contribution in [1.29, 1.82) is 5.26 Å². The van der Waals surface area contributed by atoms with E-state index in [1.807, 2.05) is 43.3 Å². The summed E-state index contributed by atoms with van der Waals surface area (Å²) in [5.74, 6) is -0.0269. The second-order valence-corrected chi connectivity index (χ2v) is 5.46. The molecule has 1 aromatic carbocycles. The van der Waals surface area contributed by atoms with E-state index in [1.54, 1.807) is 4.90 Å². The fraction of sp³-hybridized carbons (Fsp3) is 0.412. The van der Waals surface area contributed by atoms with Gasteiger partial charge in [0, 0.05) is 19.0 Å². The zero-order valence-electron chi connectivity index (χ0n) is 12.3. The average Bonchev–Trinajstić information content (AvgIpc) is 2.95. The highest BCUT2D eigenvalue weighted by molar-refractivity contribution is 5.78. The maximum absolute atomic E-state index is 12.2. The van der Waals surface area contributed by atoms with E-state index >= 15 is 0 Å². The van der Waals surface area contributed by atoms with E-state index < -0.39 is 0 Å². The van der Waals surface area contributed by atoms with Crippen molar-refractivity contribution >= 4 is 12.0 Å². The SMILES string of the molecule is Cc1ccccc1/C=C/C(N)CC(=O)N1CCCC1C#N. The largest absolute Gasteiger partial charge is 0.327 e. The summed E-state index contributed by atoms with van der Waals surface area (Å²) < 4.78 is 0. The number of nitriles is 1. The van der Waals surface area contributed by atoms with Crippen molar-refractivity contribution in [2.45, 2.75) is 38.3 Å².